The number of aromatic hydroxyl groups is 1. The van der Waals surface area contributed by atoms with Crippen LogP contribution in [0.15, 0.2) is 18.2 Å². The number of rotatable bonds is 8. The van der Waals surface area contributed by atoms with Gasteiger partial charge in [0, 0.05) is 19.0 Å². The van der Waals surface area contributed by atoms with E-state index < -0.39 is 0 Å². The molecule has 1 aromatic rings. The molecule has 2 rings (SSSR count). The highest BCUT2D eigenvalue weighted by atomic mass is 16.5. The van der Waals surface area contributed by atoms with Crippen LogP contribution < -0.4 is 10.1 Å². The van der Waals surface area contributed by atoms with E-state index in [1.165, 1.54) is 0 Å². The van der Waals surface area contributed by atoms with Crippen molar-refractivity contribution in [3.8, 4) is 11.5 Å². The lowest BCUT2D eigenvalue weighted by Crippen LogP contribution is -2.40. The predicted octanol–water partition coefficient (Wildman–Crippen LogP) is 3.17. The molecule has 1 saturated heterocycles. The Morgan fingerprint density at radius 2 is 2.08 bits per heavy atom. The molecule has 5 nitrogen and oxygen atoms in total. The van der Waals surface area contributed by atoms with Crippen LogP contribution in [0.1, 0.15) is 45.6 Å². The van der Waals surface area contributed by atoms with Crippen LogP contribution in [0.3, 0.4) is 0 Å². The van der Waals surface area contributed by atoms with Crippen LogP contribution in [-0.2, 0) is 11.3 Å². The maximum Gasteiger partial charge on any atom is 0.223 e. The summed E-state index contributed by atoms with van der Waals surface area (Å²) >= 11 is 0. The molecule has 0 aromatic heterocycles. The molecule has 0 bridgehead atoms. The Kier molecular flexibility index (Phi) is 7.56. The zero-order chi connectivity index (χ0) is 18.2. The largest absolute Gasteiger partial charge is 0.504 e. The van der Waals surface area contributed by atoms with E-state index in [2.05, 4.69) is 24.1 Å². The molecule has 0 atom stereocenters. The number of piperidine rings is 1. The fourth-order valence-corrected chi connectivity index (χ4v) is 3.17. The van der Waals surface area contributed by atoms with E-state index in [0.717, 1.165) is 51.0 Å². The minimum Gasteiger partial charge on any atom is -0.504 e. The SMILES string of the molecule is CCOc1cc(CN2CCC(C(=O)NCCC(C)C)CC2)ccc1O. The van der Waals surface area contributed by atoms with Crippen molar-refractivity contribution in [3.05, 3.63) is 23.8 Å². The van der Waals surface area contributed by atoms with Gasteiger partial charge >= 0.3 is 0 Å². The number of phenolic OH excluding ortho intramolecular Hbond substituents is 1. The molecule has 1 fully saturated rings. The van der Waals surface area contributed by atoms with E-state index in [0.29, 0.717) is 18.3 Å². The van der Waals surface area contributed by atoms with Gasteiger partial charge in [-0.2, -0.15) is 0 Å². The maximum atomic E-state index is 12.2. The molecule has 0 saturated carbocycles. The third kappa shape index (κ3) is 6.24. The maximum absolute atomic E-state index is 12.2. The Bertz CT molecular complexity index is 552. The van der Waals surface area contributed by atoms with Gasteiger partial charge in [-0.3, -0.25) is 9.69 Å². The summed E-state index contributed by atoms with van der Waals surface area (Å²) in [5.41, 5.74) is 1.13. The van der Waals surface area contributed by atoms with Crippen LogP contribution in [0, 0.1) is 11.8 Å². The molecule has 2 N–H and O–H groups in total. The Morgan fingerprint density at radius 1 is 1.36 bits per heavy atom. The monoisotopic (exact) mass is 348 g/mol. The Labute approximate surface area is 151 Å². The summed E-state index contributed by atoms with van der Waals surface area (Å²) in [6.07, 6.45) is 2.85. The number of nitrogens with one attached hydrogen (secondary N) is 1. The second-order valence-corrected chi connectivity index (χ2v) is 7.26. The highest BCUT2D eigenvalue weighted by molar-refractivity contribution is 5.78. The second-order valence-electron chi connectivity index (χ2n) is 7.26. The molecule has 1 aliphatic heterocycles. The van der Waals surface area contributed by atoms with Crippen molar-refractivity contribution in [2.24, 2.45) is 11.8 Å². The quantitative estimate of drug-likeness (QED) is 0.757. The molecule has 0 radical (unpaired) electrons. The van der Waals surface area contributed by atoms with Gasteiger partial charge in [0.25, 0.3) is 0 Å². The molecule has 140 valence electrons. The van der Waals surface area contributed by atoms with Gasteiger partial charge in [-0.15, -0.1) is 0 Å². The van der Waals surface area contributed by atoms with E-state index in [-0.39, 0.29) is 17.6 Å². The number of ether oxygens (including phenoxy) is 1. The number of carbonyl (C=O) groups is 1. The lowest BCUT2D eigenvalue weighted by Gasteiger charge is -2.31. The number of phenols is 1. The molecule has 5 heteroatoms. The van der Waals surface area contributed by atoms with Crippen LogP contribution in [-0.4, -0.2) is 42.2 Å². The topological polar surface area (TPSA) is 61.8 Å². The lowest BCUT2D eigenvalue weighted by molar-refractivity contribution is -0.126. The number of nitrogens with zero attached hydrogens (tertiary/aromatic N) is 1. The summed E-state index contributed by atoms with van der Waals surface area (Å²) in [6, 6.07) is 5.53. The van der Waals surface area contributed by atoms with Gasteiger partial charge in [0.15, 0.2) is 11.5 Å². The Hall–Kier alpha value is -1.75. The summed E-state index contributed by atoms with van der Waals surface area (Å²) in [5, 5.41) is 12.9. The predicted molar refractivity (Wildman–Crippen MR) is 99.7 cm³/mol. The van der Waals surface area contributed by atoms with Crippen molar-refractivity contribution in [2.75, 3.05) is 26.2 Å². The van der Waals surface area contributed by atoms with Gasteiger partial charge in [0.2, 0.25) is 5.91 Å². The summed E-state index contributed by atoms with van der Waals surface area (Å²) in [7, 11) is 0. The van der Waals surface area contributed by atoms with E-state index in [4.69, 9.17) is 4.74 Å². The smallest absolute Gasteiger partial charge is 0.223 e. The molecule has 0 spiro atoms. The van der Waals surface area contributed by atoms with Crippen LogP contribution in [0.25, 0.3) is 0 Å². The summed E-state index contributed by atoms with van der Waals surface area (Å²) in [4.78, 5) is 14.6. The highest BCUT2D eigenvalue weighted by Gasteiger charge is 2.24. The first kappa shape index (κ1) is 19.6. The number of benzene rings is 1. The highest BCUT2D eigenvalue weighted by Crippen LogP contribution is 2.28. The van der Waals surface area contributed by atoms with Crippen molar-refractivity contribution in [2.45, 2.75) is 46.6 Å². The van der Waals surface area contributed by atoms with Gasteiger partial charge < -0.3 is 15.2 Å². The molecular weight excluding hydrogens is 316 g/mol. The second kappa shape index (κ2) is 9.66. The van der Waals surface area contributed by atoms with Crippen molar-refractivity contribution in [1.82, 2.24) is 10.2 Å². The number of hydrogen-bond donors (Lipinski definition) is 2. The van der Waals surface area contributed by atoms with Crippen molar-refractivity contribution >= 4 is 5.91 Å². The minimum atomic E-state index is 0.141. The van der Waals surface area contributed by atoms with E-state index in [1.807, 2.05) is 19.1 Å². The summed E-state index contributed by atoms with van der Waals surface area (Å²) in [5.74, 6) is 1.70. The van der Waals surface area contributed by atoms with Gasteiger partial charge in [0.1, 0.15) is 0 Å². The zero-order valence-electron chi connectivity index (χ0n) is 15.8. The number of hydrogen-bond acceptors (Lipinski definition) is 4. The minimum absolute atomic E-state index is 0.141. The summed E-state index contributed by atoms with van der Waals surface area (Å²) < 4.78 is 5.45. The number of likely N-dealkylation sites (tertiary alicyclic amines) is 1. The molecule has 0 aliphatic carbocycles. The van der Waals surface area contributed by atoms with E-state index in [9.17, 15) is 9.90 Å². The lowest BCUT2D eigenvalue weighted by atomic mass is 9.95. The fourth-order valence-electron chi connectivity index (χ4n) is 3.17. The zero-order valence-corrected chi connectivity index (χ0v) is 15.8. The fraction of sp³-hybridized carbons (Fsp3) is 0.650. The Balaban J connectivity index is 1.78. The van der Waals surface area contributed by atoms with Crippen LogP contribution >= 0.6 is 0 Å². The molecule has 0 unspecified atom stereocenters. The van der Waals surface area contributed by atoms with E-state index in [1.54, 1.807) is 6.07 Å². The first-order valence-electron chi connectivity index (χ1n) is 9.44. The number of amides is 1. The standard InChI is InChI=1S/C20H32N2O3/c1-4-25-19-13-16(5-6-18(19)23)14-22-11-8-17(9-12-22)20(24)21-10-7-15(2)3/h5-6,13,15,17,23H,4,7-12,14H2,1-3H3,(H,21,24). The van der Waals surface area contributed by atoms with Gasteiger partial charge in [0.05, 0.1) is 6.61 Å². The first-order chi connectivity index (χ1) is 12.0. The first-order valence-corrected chi connectivity index (χ1v) is 9.44. The molecule has 1 heterocycles. The molecule has 1 aromatic carbocycles. The van der Waals surface area contributed by atoms with Crippen molar-refractivity contribution in [3.63, 3.8) is 0 Å². The molecule has 1 aliphatic rings. The van der Waals surface area contributed by atoms with Gasteiger partial charge in [-0.1, -0.05) is 19.9 Å². The number of carbonyl (C=O) groups excluding carboxylic acids is 1. The van der Waals surface area contributed by atoms with Crippen LogP contribution in [0.5, 0.6) is 11.5 Å². The van der Waals surface area contributed by atoms with Crippen molar-refractivity contribution in [1.29, 1.82) is 0 Å². The van der Waals surface area contributed by atoms with Gasteiger partial charge in [-0.25, -0.2) is 0 Å². The van der Waals surface area contributed by atoms with Gasteiger partial charge in [-0.05, 0) is 62.9 Å². The third-order valence-corrected chi connectivity index (χ3v) is 4.71. The average molecular weight is 348 g/mol. The van der Waals surface area contributed by atoms with Crippen LogP contribution in [0.2, 0.25) is 0 Å². The Morgan fingerprint density at radius 3 is 2.72 bits per heavy atom. The average Bonchev–Trinajstić information content (AvgIpc) is 2.58. The molecule has 1 amide bonds. The molecular formula is C20H32N2O3. The van der Waals surface area contributed by atoms with Crippen LogP contribution in [0.4, 0.5) is 0 Å². The van der Waals surface area contributed by atoms with Crippen molar-refractivity contribution < 1.29 is 14.6 Å². The third-order valence-electron chi connectivity index (χ3n) is 4.71. The normalized spacial score (nSPS) is 16.2. The summed E-state index contributed by atoms with van der Waals surface area (Å²) in [6.45, 7) is 10.2. The van der Waals surface area contributed by atoms with E-state index >= 15 is 0 Å². The molecule has 25 heavy (non-hydrogen) atoms.